The van der Waals surface area contributed by atoms with Gasteiger partial charge < -0.3 is 5.32 Å². The topological polar surface area (TPSA) is 12.0 Å². The molecular weight excluding hydrogens is 374 g/mol. The van der Waals surface area contributed by atoms with Crippen LogP contribution in [0.5, 0.6) is 0 Å². The molecule has 168 valence electrons. The first-order chi connectivity index (χ1) is 13.8. The third-order valence-corrected chi connectivity index (χ3v) is 5.98. The summed E-state index contributed by atoms with van der Waals surface area (Å²) in [6, 6.07) is 10.7. The number of hydrogen-bond donors (Lipinski definition) is 1. The fourth-order valence-electron chi connectivity index (χ4n) is 4.17. The maximum Gasteiger partial charge on any atom is 0.0184 e. The molecule has 0 spiro atoms. The Labute approximate surface area is 188 Å². The first-order valence-electron chi connectivity index (χ1n) is 12.2. The molecule has 0 aliphatic heterocycles. The van der Waals surface area contributed by atoms with E-state index >= 15 is 0 Å². The van der Waals surface area contributed by atoms with Gasteiger partial charge in [0.1, 0.15) is 0 Å². The van der Waals surface area contributed by atoms with Crippen LogP contribution in [-0.2, 0) is 0 Å². The summed E-state index contributed by atoms with van der Waals surface area (Å²) in [6.07, 6.45) is 23.6. The van der Waals surface area contributed by atoms with Gasteiger partial charge >= 0.3 is 0 Å². The van der Waals surface area contributed by atoms with Gasteiger partial charge in [-0.3, -0.25) is 0 Å². The van der Waals surface area contributed by atoms with Crippen LogP contribution in [0.4, 0.5) is 0 Å². The maximum atomic E-state index is 4.03. The van der Waals surface area contributed by atoms with Crippen molar-refractivity contribution in [3.63, 3.8) is 0 Å². The minimum atomic E-state index is 0. The molecule has 0 bridgehead atoms. The zero-order chi connectivity index (χ0) is 20.3. The van der Waals surface area contributed by atoms with E-state index < -0.39 is 0 Å². The Hall–Kier alpha value is -0.790. The fourth-order valence-corrected chi connectivity index (χ4v) is 4.17. The number of nitrogens with one attached hydrogen (secondary N) is 1. The molecule has 0 aliphatic rings. The monoisotopic (exact) mass is 421 g/mol. The van der Waals surface area contributed by atoms with Gasteiger partial charge in [0.05, 0.1) is 0 Å². The van der Waals surface area contributed by atoms with Crippen LogP contribution in [-0.4, -0.2) is 12.1 Å². The van der Waals surface area contributed by atoms with Gasteiger partial charge in [0.2, 0.25) is 0 Å². The maximum absolute atomic E-state index is 4.03. The lowest BCUT2D eigenvalue weighted by Crippen LogP contribution is -2.45. The largest absolute Gasteiger partial charge is 0.308 e. The van der Waals surface area contributed by atoms with Crippen LogP contribution in [0.25, 0.3) is 6.08 Å². The van der Waals surface area contributed by atoms with Gasteiger partial charge in [0.15, 0.2) is 0 Å². The lowest BCUT2D eigenvalue weighted by atomic mass is 9.81. The van der Waals surface area contributed by atoms with Crippen molar-refractivity contribution in [2.24, 2.45) is 0 Å². The Bertz CT molecular complexity index is 471. The molecule has 2 heteroatoms. The lowest BCUT2D eigenvalue weighted by Gasteiger charge is -2.36. The molecule has 1 nitrogen and oxygen atoms in total. The van der Waals surface area contributed by atoms with Crippen LogP contribution in [0, 0.1) is 0 Å². The van der Waals surface area contributed by atoms with Crippen LogP contribution in [0.3, 0.4) is 0 Å². The molecule has 1 N–H and O–H groups in total. The van der Waals surface area contributed by atoms with Crippen LogP contribution in [0.15, 0.2) is 36.4 Å². The summed E-state index contributed by atoms with van der Waals surface area (Å²) in [4.78, 5) is 0. The molecule has 1 aromatic carbocycles. The fraction of sp³-hybridized carbons (Fsp3) is 0.704. The van der Waals surface area contributed by atoms with Crippen molar-refractivity contribution in [2.45, 2.75) is 116 Å². The van der Waals surface area contributed by atoms with Crippen LogP contribution in [0.2, 0.25) is 0 Å². The van der Waals surface area contributed by atoms with Crippen molar-refractivity contribution < 1.29 is 0 Å². The van der Waals surface area contributed by atoms with Gasteiger partial charge in [-0.1, -0.05) is 134 Å². The van der Waals surface area contributed by atoms with Gasteiger partial charge in [-0.05, 0) is 24.8 Å². The second kappa shape index (κ2) is 19.2. The van der Waals surface area contributed by atoms with Gasteiger partial charge in [-0.25, -0.2) is 0 Å². The molecule has 0 saturated carbocycles. The summed E-state index contributed by atoms with van der Waals surface area (Å²) >= 11 is 0. The molecule has 0 aliphatic carbocycles. The molecule has 0 fully saturated rings. The summed E-state index contributed by atoms with van der Waals surface area (Å²) in [7, 11) is 0. The Morgan fingerprint density at radius 1 is 0.690 bits per heavy atom. The lowest BCUT2D eigenvalue weighted by molar-refractivity contribution is 0.245. The van der Waals surface area contributed by atoms with Gasteiger partial charge in [0, 0.05) is 12.1 Å². The van der Waals surface area contributed by atoms with Crippen molar-refractivity contribution in [3.8, 4) is 0 Å². The number of unbranched alkanes of at least 4 members (excludes halogenated alkanes) is 8. The molecule has 0 heterocycles. The van der Waals surface area contributed by atoms with E-state index in [1.165, 1.54) is 95.5 Å². The summed E-state index contributed by atoms with van der Waals surface area (Å²) < 4.78 is 0. The number of rotatable bonds is 18. The van der Waals surface area contributed by atoms with Crippen LogP contribution in [0.1, 0.15) is 116 Å². The minimum Gasteiger partial charge on any atom is -0.308 e. The van der Waals surface area contributed by atoms with E-state index in [1.807, 2.05) is 0 Å². The van der Waals surface area contributed by atoms with Crippen molar-refractivity contribution >= 4 is 18.5 Å². The third kappa shape index (κ3) is 13.9. The Morgan fingerprint density at radius 2 is 1.17 bits per heavy atom. The third-order valence-electron chi connectivity index (χ3n) is 5.98. The molecule has 1 rings (SSSR count). The van der Waals surface area contributed by atoms with E-state index in [9.17, 15) is 0 Å². The highest BCUT2D eigenvalue weighted by molar-refractivity contribution is 5.85. The second-order valence-corrected chi connectivity index (χ2v) is 8.55. The molecule has 0 radical (unpaired) electrons. The smallest absolute Gasteiger partial charge is 0.0184 e. The van der Waals surface area contributed by atoms with Crippen molar-refractivity contribution in [3.05, 3.63) is 42.0 Å². The highest BCUT2D eigenvalue weighted by atomic mass is 35.5. The zero-order valence-electron chi connectivity index (χ0n) is 19.6. The SMILES string of the molecule is CCCCCCC(CCCCC)(CCCCCC)NCC=Cc1ccccc1.Cl. The molecule has 0 unspecified atom stereocenters. The first kappa shape index (κ1) is 28.2. The van der Waals surface area contributed by atoms with Crippen molar-refractivity contribution in [2.75, 3.05) is 6.54 Å². The first-order valence-corrected chi connectivity index (χ1v) is 12.2. The molecule has 0 saturated heterocycles. The van der Waals surface area contributed by atoms with Crippen LogP contribution < -0.4 is 5.32 Å². The predicted octanol–water partition coefficient (Wildman–Crippen LogP) is 8.97. The predicted molar refractivity (Wildman–Crippen MR) is 135 cm³/mol. The van der Waals surface area contributed by atoms with Gasteiger partial charge in [-0.2, -0.15) is 0 Å². The van der Waals surface area contributed by atoms with E-state index in [4.69, 9.17) is 0 Å². The van der Waals surface area contributed by atoms with E-state index in [1.54, 1.807) is 0 Å². The standard InChI is InChI=1S/C27H47N.ClH/c1-4-7-10-16-23-27(22-15-9-6-3,24-17-11-8-5-2)28-25-18-21-26-19-13-12-14-20-26;/h12-14,18-21,28H,4-11,15-17,22-25H2,1-3H3;1H. The van der Waals surface area contributed by atoms with Crippen LogP contribution >= 0.6 is 12.4 Å². The van der Waals surface area contributed by atoms with Crippen molar-refractivity contribution in [1.29, 1.82) is 0 Å². The summed E-state index contributed by atoms with van der Waals surface area (Å²) in [5.41, 5.74) is 1.64. The molecule has 29 heavy (non-hydrogen) atoms. The molecule has 0 atom stereocenters. The highest BCUT2D eigenvalue weighted by Gasteiger charge is 2.27. The minimum absolute atomic E-state index is 0. The number of hydrogen-bond acceptors (Lipinski definition) is 1. The summed E-state index contributed by atoms with van der Waals surface area (Å²) in [5.74, 6) is 0. The number of benzene rings is 1. The normalized spacial score (nSPS) is 11.7. The highest BCUT2D eigenvalue weighted by Crippen LogP contribution is 2.29. The molecule has 0 amide bonds. The average molecular weight is 422 g/mol. The summed E-state index contributed by atoms with van der Waals surface area (Å²) in [6.45, 7) is 7.93. The Balaban J connectivity index is 0.00000784. The molecule has 0 aromatic heterocycles. The van der Waals surface area contributed by atoms with Gasteiger partial charge in [-0.15, -0.1) is 12.4 Å². The number of halogens is 1. The quantitative estimate of drug-likeness (QED) is 0.233. The Kier molecular flexibility index (Phi) is 18.7. The zero-order valence-corrected chi connectivity index (χ0v) is 20.4. The Morgan fingerprint density at radius 3 is 1.69 bits per heavy atom. The van der Waals surface area contributed by atoms with Crippen molar-refractivity contribution in [1.82, 2.24) is 5.32 Å². The van der Waals surface area contributed by atoms with E-state index in [-0.39, 0.29) is 12.4 Å². The summed E-state index contributed by atoms with van der Waals surface area (Å²) in [5, 5.41) is 4.03. The van der Waals surface area contributed by atoms with Gasteiger partial charge in [0.25, 0.3) is 0 Å². The molecule has 1 aromatic rings. The average Bonchev–Trinajstić information content (AvgIpc) is 2.73. The second-order valence-electron chi connectivity index (χ2n) is 8.55. The van der Waals surface area contributed by atoms with E-state index in [2.05, 4.69) is 68.6 Å². The molecular formula is C27H48ClN. The van der Waals surface area contributed by atoms with E-state index in [0.717, 1.165) is 6.54 Å². The van der Waals surface area contributed by atoms with E-state index in [0.29, 0.717) is 5.54 Å².